The zero-order valence-corrected chi connectivity index (χ0v) is 27.6. The van der Waals surface area contributed by atoms with Gasteiger partial charge in [0.25, 0.3) is 10.0 Å². The lowest BCUT2D eigenvalue weighted by Crippen LogP contribution is -2.53. The number of carbonyl (C=O) groups excluding carboxylic acids is 2. The Morgan fingerprint density at radius 1 is 0.851 bits per heavy atom. The zero-order valence-electron chi connectivity index (χ0n) is 26.8. The third-order valence-corrected chi connectivity index (χ3v) is 9.21. The first-order valence-corrected chi connectivity index (χ1v) is 16.9. The molecule has 0 aromatic heterocycles. The summed E-state index contributed by atoms with van der Waals surface area (Å²) in [6.45, 7) is 3.89. The summed E-state index contributed by atoms with van der Waals surface area (Å²) in [5.74, 6) is -0.499. The molecule has 4 rings (SSSR count). The number of rotatable bonds is 16. The molecule has 0 aliphatic carbocycles. The highest BCUT2D eigenvalue weighted by molar-refractivity contribution is 7.92. The van der Waals surface area contributed by atoms with Crippen LogP contribution in [0.15, 0.2) is 108 Å². The summed E-state index contributed by atoms with van der Waals surface area (Å²) in [7, 11) is -2.81. The Hall–Kier alpha value is -4.90. The summed E-state index contributed by atoms with van der Waals surface area (Å²) in [5.41, 5.74) is 1.59. The number of nitrogens with zero attached hydrogens (tertiary/aromatic N) is 2. The first-order chi connectivity index (χ1) is 22.7. The summed E-state index contributed by atoms with van der Waals surface area (Å²) in [4.78, 5) is 29.6. The molecule has 4 aromatic rings. The van der Waals surface area contributed by atoms with Gasteiger partial charge in [-0.05, 0) is 85.1 Å². The molecule has 0 bridgehead atoms. The van der Waals surface area contributed by atoms with Crippen molar-refractivity contribution in [2.75, 3.05) is 31.1 Å². The van der Waals surface area contributed by atoms with Crippen molar-refractivity contribution >= 4 is 27.5 Å². The molecule has 0 saturated heterocycles. The minimum absolute atomic E-state index is 0.00651. The van der Waals surface area contributed by atoms with Gasteiger partial charge in [-0.15, -0.1) is 0 Å². The largest absolute Gasteiger partial charge is 0.497 e. The third-order valence-electron chi connectivity index (χ3n) is 7.42. The second-order valence-electron chi connectivity index (χ2n) is 10.8. The van der Waals surface area contributed by atoms with Crippen LogP contribution in [-0.2, 0) is 32.6 Å². The van der Waals surface area contributed by atoms with Gasteiger partial charge in [-0.1, -0.05) is 49.4 Å². The number of carbonyl (C=O) groups is 2. The SMILES string of the molecule is CCCNC(=O)C(Cc1ccccc1)N(Cc1cccc(OC)c1)C(=O)CN(c1ccc(F)cc1)S(=O)(=O)c1ccc(OCC)cc1. The highest BCUT2D eigenvalue weighted by Crippen LogP contribution is 2.27. The van der Waals surface area contributed by atoms with Crippen molar-refractivity contribution in [2.45, 2.75) is 44.2 Å². The van der Waals surface area contributed by atoms with Gasteiger partial charge in [0.15, 0.2) is 0 Å². The number of benzene rings is 4. The fraction of sp³-hybridized carbons (Fsp3) is 0.278. The second kappa shape index (κ2) is 16.6. The Labute approximate surface area is 276 Å². The van der Waals surface area contributed by atoms with Gasteiger partial charge < -0.3 is 19.7 Å². The standard InChI is InChI=1S/C36H40FN3O6S/c1-4-22-38-36(42)34(24-27-10-7-6-8-11-27)39(25-28-12-9-13-32(23-28)45-3)35(41)26-40(30-16-14-29(37)15-17-30)47(43,44)33-20-18-31(19-21-33)46-5-2/h6-21,23,34H,4-5,22,24-26H2,1-3H3,(H,38,42). The normalized spacial score (nSPS) is 11.7. The van der Waals surface area contributed by atoms with E-state index >= 15 is 0 Å². The molecule has 0 saturated carbocycles. The Bertz CT molecular complexity index is 1720. The van der Waals surface area contributed by atoms with E-state index in [1.54, 1.807) is 24.3 Å². The van der Waals surface area contributed by atoms with Crippen LogP contribution in [0.3, 0.4) is 0 Å². The number of methoxy groups -OCH3 is 1. The van der Waals surface area contributed by atoms with E-state index in [9.17, 15) is 22.4 Å². The lowest BCUT2D eigenvalue weighted by atomic mass is 10.0. The summed E-state index contributed by atoms with van der Waals surface area (Å²) >= 11 is 0. The minimum atomic E-state index is -4.34. The van der Waals surface area contributed by atoms with Crippen molar-refractivity contribution in [3.05, 3.63) is 120 Å². The number of halogens is 1. The highest BCUT2D eigenvalue weighted by Gasteiger charge is 2.34. The van der Waals surface area contributed by atoms with Gasteiger partial charge >= 0.3 is 0 Å². The molecule has 4 aromatic carbocycles. The van der Waals surface area contributed by atoms with Crippen LogP contribution in [0.5, 0.6) is 11.5 Å². The van der Waals surface area contributed by atoms with Crippen molar-refractivity contribution in [3.63, 3.8) is 0 Å². The fourth-order valence-electron chi connectivity index (χ4n) is 5.03. The third kappa shape index (κ3) is 9.32. The van der Waals surface area contributed by atoms with E-state index in [0.717, 1.165) is 22.0 Å². The summed E-state index contributed by atoms with van der Waals surface area (Å²) < 4.78 is 54.1. The molecule has 0 fully saturated rings. The minimum Gasteiger partial charge on any atom is -0.497 e. The van der Waals surface area contributed by atoms with Crippen molar-refractivity contribution in [1.82, 2.24) is 10.2 Å². The predicted octanol–water partition coefficient (Wildman–Crippen LogP) is 5.59. The Kier molecular flexibility index (Phi) is 12.3. The smallest absolute Gasteiger partial charge is 0.264 e. The Morgan fingerprint density at radius 2 is 1.53 bits per heavy atom. The molecule has 0 heterocycles. The number of hydrogen-bond acceptors (Lipinski definition) is 6. The van der Waals surface area contributed by atoms with E-state index in [-0.39, 0.29) is 29.5 Å². The maximum absolute atomic E-state index is 14.5. The van der Waals surface area contributed by atoms with E-state index in [4.69, 9.17) is 9.47 Å². The van der Waals surface area contributed by atoms with Crippen LogP contribution in [0.25, 0.3) is 0 Å². The van der Waals surface area contributed by atoms with Gasteiger partial charge in [0.1, 0.15) is 29.9 Å². The monoisotopic (exact) mass is 661 g/mol. The molecule has 0 spiro atoms. The average Bonchev–Trinajstić information content (AvgIpc) is 3.09. The van der Waals surface area contributed by atoms with Gasteiger partial charge in [0.2, 0.25) is 11.8 Å². The van der Waals surface area contributed by atoms with Crippen LogP contribution in [-0.4, -0.2) is 58.0 Å². The summed E-state index contributed by atoms with van der Waals surface area (Å²) in [6, 6.07) is 26.2. The highest BCUT2D eigenvalue weighted by atomic mass is 32.2. The molecular weight excluding hydrogens is 621 g/mol. The quantitative estimate of drug-likeness (QED) is 0.168. The molecule has 0 aliphatic heterocycles. The molecule has 248 valence electrons. The maximum atomic E-state index is 14.5. The molecule has 2 amide bonds. The molecule has 9 nitrogen and oxygen atoms in total. The Balaban J connectivity index is 1.79. The van der Waals surface area contributed by atoms with E-state index in [0.29, 0.717) is 36.6 Å². The van der Waals surface area contributed by atoms with Crippen molar-refractivity contribution < 1.29 is 31.9 Å². The lowest BCUT2D eigenvalue weighted by molar-refractivity contribution is -0.140. The average molecular weight is 662 g/mol. The van der Waals surface area contributed by atoms with Crippen LogP contribution in [0.4, 0.5) is 10.1 Å². The first kappa shape index (κ1) is 35.0. The number of ether oxygens (including phenoxy) is 2. The first-order valence-electron chi connectivity index (χ1n) is 15.4. The summed E-state index contributed by atoms with van der Waals surface area (Å²) in [5, 5.41) is 2.92. The van der Waals surface area contributed by atoms with E-state index in [1.807, 2.05) is 44.2 Å². The Morgan fingerprint density at radius 3 is 2.17 bits per heavy atom. The van der Waals surface area contributed by atoms with Gasteiger partial charge in [0.05, 0.1) is 24.3 Å². The van der Waals surface area contributed by atoms with Crippen molar-refractivity contribution in [3.8, 4) is 11.5 Å². The predicted molar refractivity (Wildman–Crippen MR) is 179 cm³/mol. The van der Waals surface area contributed by atoms with Crippen LogP contribution < -0.4 is 19.1 Å². The molecule has 1 unspecified atom stereocenters. The topological polar surface area (TPSA) is 105 Å². The number of hydrogen-bond donors (Lipinski definition) is 1. The molecule has 0 aliphatic rings. The summed E-state index contributed by atoms with van der Waals surface area (Å²) in [6.07, 6.45) is 0.876. The van der Waals surface area contributed by atoms with Gasteiger partial charge in [-0.2, -0.15) is 0 Å². The second-order valence-corrected chi connectivity index (χ2v) is 12.6. The number of nitrogens with one attached hydrogen (secondary N) is 1. The van der Waals surface area contributed by atoms with Crippen LogP contribution >= 0.6 is 0 Å². The maximum Gasteiger partial charge on any atom is 0.264 e. The molecule has 0 radical (unpaired) electrons. The van der Waals surface area contributed by atoms with Crippen molar-refractivity contribution in [2.24, 2.45) is 0 Å². The zero-order chi connectivity index (χ0) is 33.8. The van der Waals surface area contributed by atoms with Gasteiger partial charge in [-0.25, -0.2) is 12.8 Å². The van der Waals surface area contributed by atoms with Crippen LogP contribution in [0.2, 0.25) is 0 Å². The molecule has 1 N–H and O–H groups in total. The van der Waals surface area contributed by atoms with Gasteiger partial charge in [0, 0.05) is 19.5 Å². The fourth-order valence-corrected chi connectivity index (χ4v) is 6.44. The number of sulfonamides is 1. The molecule has 47 heavy (non-hydrogen) atoms. The van der Waals surface area contributed by atoms with Crippen LogP contribution in [0, 0.1) is 5.82 Å². The lowest BCUT2D eigenvalue weighted by Gasteiger charge is -2.34. The van der Waals surface area contributed by atoms with Crippen molar-refractivity contribution in [1.29, 1.82) is 0 Å². The molecule has 11 heteroatoms. The number of anilines is 1. The van der Waals surface area contributed by atoms with E-state index in [2.05, 4.69) is 5.32 Å². The van der Waals surface area contributed by atoms with Crippen LogP contribution in [0.1, 0.15) is 31.4 Å². The van der Waals surface area contributed by atoms with E-state index < -0.39 is 34.3 Å². The van der Waals surface area contributed by atoms with Gasteiger partial charge in [-0.3, -0.25) is 13.9 Å². The number of amides is 2. The molecule has 1 atom stereocenters. The molecular formula is C36H40FN3O6S. The van der Waals surface area contributed by atoms with E-state index in [1.165, 1.54) is 48.4 Å².